The van der Waals surface area contributed by atoms with Gasteiger partial charge < -0.3 is 0 Å². The van der Waals surface area contributed by atoms with E-state index in [2.05, 4.69) is 6.08 Å². The van der Waals surface area contributed by atoms with Crippen LogP contribution in [0.15, 0.2) is 42.0 Å². The van der Waals surface area contributed by atoms with Gasteiger partial charge in [-0.25, -0.2) is 0 Å². The normalized spacial score (nSPS) is 27.2. The lowest BCUT2D eigenvalue weighted by Gasteiger charge is -2.18. The summed E-state index contributed by atoms with van der Waals surface area (Å²) in [5, 5.41) is 0. The first-order chi connectivity index (χ1) is 8.68. The first kappa shape index (κ1) is 11.2. The highest BCUT2D eigenvalue weighted by atomic mass is 16.2. The number of amides is 2. The summed E-state index contributed by atoms with van der Waals surface area (Å²) in [6, 6.07) is 9.21. The largest absolute Gasteiger partial charge is 0.274 e. The van der Waals surface area contributed by atoms with Crippen molar-refractivity contribution in [2.75, 3.05) is 4.90 Å². The number of hydrogen-bond donors (Lipinski definition) is 0. The van der Waals surface area contributed by atoms with E-state index >= 15 is 0 Å². The highest BCUT2D eigenvalue weighted by Gasteiger charge is 2.48. The van der Waals surface area contributed by atoms with Gasteiger partial charge in [0.2, 0.25) is 11.8 Å². The third-order valence-electron chi connectivity index (χ3n) is 3.84. The smallest absolute Gasteiger partial charge is 0.238 e. The zero-order valence-electron chi connectivity index (χ0n) is 10.3. The van der Waals surface area contributed by atoms with E-state index in [1.54, 1.807) is 0 Å². The molecule has 1 aromatic carbocycles. The van der Waals surface area contributed by atoms with Crippen molar-refractivity contribution in [3.63, 3.8) is 0 Å². The van der Waals surface area contributed by atoms with E-state index in [9.17, 15) is 9.59 Å². The Balaban J connectivity index is 1.96. The molecule has 0 N–H and O–H groups in total. The molecule has 2 amide bonds. The van der Waals surface area contributed by atoms with Gasteiger partial charge in [-0.05, 0) is 31.9 Å². The van der Waals surface area contributed by atoms with Crippen LogP contribution in [0.3, 0.4) is 0 Å². The lowest BCUT2D eigenvalue weighted by Crippen LogP contribution is -2.30. The van der Waals surface area contributed by atoms with Crippen molar-refractivity contribution in [3.05, 3.63) is 42.0 Å². The Labute approximate surface area is 106 Å². The number of hydrogen-bond acceptors (Lipinski definition) is 2. The second-order valence-electron chi connectivity index (χ2n) is 5.05. The van der Waals surface area contributed by atoms with Gasteiger partial charge in [0.15, 0.2) is 0 Å². The van der Waals surface area contributed by atoms with Crippen molar-refractivity contribution in [1.82, 2.24) is 0 Å². The number of carbonyl (C=O) groups excluding carboxylic acids is 2. The molecule has 2 atom stereocenters. The molecule has 0 unspecified atom stereocenters. The Kier molecular flexibility index (Phi) is 2.54. The van der Waals surface area contributed by atoms with E-state index in [0.717, 1.165) is 6.42 Å². The summed E-state index contributed by atoms with van der Waals surface area (Å²) in [5.74, 6) is -0.382. The molecule has 1 aliphatic heterocycles. The molecule has 3 nitrogen and oxygen atoms in total. The van der Waals surface area contributed by atoms with Crippen LogP contribution in [-0.4, -0.2) is 11.8 Å². The number of nitrogens with zero attached hydrogens (tertiary/aromatic N) is 1. The third kappa shape index (κ3) is 1.58. The van der Waals surface area contributed by atoms with Gasteiger partial charge in [0.05, 0.1) is 17.5 Å². The van der Waals surface area contributed by atoms with Crippen molar-refractivity contribution >= 4 is 17.5 Å². The molecule has 1 saturated heterocycles. The summed E-state index contributed by atoms with van der Waals surface area (Å²) < 4.78 is 0. The Morgan fingerprint density at radius 2 is 1.72 bits per heavy atom. The number of para-hydroxylation sites is 1. The SMILES string of the molecule is CC1=CC[C@@H]2C(=O)N(c3ccccc3)C(=O)[C@@H]2C1. The number of fused-ring (bicyclic) bond motifs is 1. The van der Waals surface area contributed by atoms with Crippen molar-refractivity contribution in [3.8, 4) is 0 Å². The van der Waals surface area contributed by atoms with Crippen LogP contribution >= 0.6 is 0 Å². The topological polar surface area (TPSA) is 37.4 Å². The Morgan fingerprint density at radius 3 is 2.44 bits per heavy atom. The number of benzene rings is 1. The molecular weight excluding hydrogens is 226 g/mol. The number of anilines is 1. The fourth-order valence-corrected chi connectivity index (χ4v) is 2.87. The first-order valence-electron chi connectivity index (χ1n) is 6.27. The quantitative estimate of drug-likeness (QED) is 0.559. The summed E-state index contributed by atoms with van der Waals surface area (Å²) in [6.07, 6.45) is 3.50. The number of allylic oxidation sites excluding steroid dienone is 2. The summed E-state index contributed by atoms with van der Waals surface area (Å²) >= 11 is 0. The Morgan fingerprint density at radius 1 is 1.06 bits per heavy atom. The molecule has 3 heteroatoms. The zero-order valence-corrected chi connectivity index (χ0v) is 10.3. The van der Waals surface area contributed by atoms with Crippen molar-refractivity contribution in [2.24, 2.45) is 11.8 Å². The van der Waals surface area contributed by atoms with Gasteiger partial charge in [-0.15, -0.1) is 0 Å². The van der Waals surface area contributed by atoms with Gasteiger partial charge in [0.1, 0.15) is 0 Å². The fraction of sp³-hybridized carbons (Fsp3) is 0.333. The average Bonchev–Trinajstić information content (AvgIpc) is 2.63. The van der Waals surface area contributed by atoms with Crippen LogP contribution in [0, 0.1) is 11.8 Å². The monoisotopic (exact) mass is 241 g/mol. The predicted molar refractivity (Wildman–Crippen MR) is 68.9 cm³/mol. The van der Waals surface area contributed by atoms with Crippen LogP contribution in [0.1, 0.15) is 19.8 Å². The van der Waals surface area contributed by atoms with Gasteiger partial charge in [-0.2, -0.15) is 0 Å². The molecule has 92 valence electrons. The van der Waals surface area contributed by atoms with Gasteiger partial charge in [0.25, 0.3) is 0 Å². The van der Waals surface area contributed by atoms with Crippen molar-refractivity contribution < 1.29 is 9.59 Å². The van der Waals surface area contributed by atoms with E-state index in [1.165, 1.54) is 10.5 Å². The van der Waals surface area contributed by atoms with E-state index in [0.29, 0.717) is 12.1 Å². The summed E-state index contributed by atoms with van der Waals surface area (Å²) in [4.78, 5) is 26.1. The molecule has 2 aliphatic rings. The predicted octanol–water partition coefficient (Wildman–Crippen LogP) is 2.53. The van der Waals surface area contributed by atoms with Crippen molar-refractivity contribution in [1.29, 1.82) is 0 Å². The Hall–Kier alpha value is -1.90. The molecule has 1 aromatic rings. The molecule has 1 fully saturated rings. The van der Waals surface area contributed by atoms with Crippen LogP contribution in [0.2, 0.25) is 0 Å². The lowest BCUT2D eigenvalue weighted by atomic mass is 9.82. The summed E-state index contributed by atoms with van der Waals surface area (Å²) in [6.45, 7) is 2.03. The molecule has 3 rings (SSSR count). The standard InChI is InChI=1S/C15H15NO2/c1-10-7-8-12-13(9-10)15(18)16(14(12)17)11-5-3-2-4-6-11/h2-7,12-13H,8-9H2,1H3/t12-,13+/m0/s1. The number of imide groups is 1. The lowest BCUT2D eigenvalue weighted by molar-refractivity contribution is -0.122. The van der Waals surface area contributed by atoms with Gasteiger partial charge in [-0.3, -0.25) is 14.5 Å². The minimum absolute atomic E-state index is 0.0383. The maximum atomic E-state index is 12.4. The Bertz CT molecular complexity index is 533. The van der Waals surface area contributed by atoms with Crippen LogP contribution in [-0.2, 0) is 9.59 Å². The van der Waals surface area contributed by atoms with E-state index in [-0.39, 0.29) is 23.7 Å². The van der Waals surface area contributed by atoms with Crippen LogP contribution in [0.5, 0.6) is 0 Å². The highest BCUT2D eigenvalue weighted by molar-refractivity contribution is 6.22. The molecule has 0 saturated carbocycles. The molecule has 0 aromatic heterocycles. The minimum Gasteiger partial charge on any atom is -0.274 e. The number of rotatable bonds is 1. The molecule has 0 spiro atoms. The summed E-state index contributed by atoms with van der Waals surface area (Å²) in [5.41, 5.74) is 1.91. The summed E-state index contributed by atoms with van der Waals surface area (Å²) in [7, 11) is 0. The highest BCUT2D eigenvalue weighted by Crippen LogP contribution is 2.39. The molecule has 1 aliphatic carbocycles. The first-order valence-corrected chi connectivity index (χ1v) is 6.27. The minimum atomic E-state index is -0.151. The third-order valence-corrected chi connectivity index (χ3v) is 3.84. The van der Waals surface area contributed by atoms with Crippen LogP contribution < -0.4 is 4.90 Å². The van der Waals surface area contributed by atoms with Gasteiger partial charge in [-0.1, -0.05) is 29.8 Å². The molecule has 18 heavy (non-hydrogen) atoms. The van der Waals surface area contributed by atoms with Crippen LogP contribution in [0.25, 0.3) is 0 Å². The molecule has 0 radical (unpaired) electrons. The second-order valence-corrected chi connectivity index (χ2v) is 5.05. The fourth-order valence-electron chi connectivity index (χ4n) is 2.87. The van der Waals surface area contributed by atoms with E-state index in [1.807, 2.05) is 37.3 Å². The second kappa shape index (κ2) is 4.09. The van der Waals surface area contributed by atoms with E-state index < -0.39 is 0 Å². The molecule has 0 bridgehead atoms. The van der Waals surface area contributed by atoms with Gasteiger partial charge >= 0.3 is 0 Å². The van der Waals surface area contributed by atoms with Crippen LogP contribution in [0.4, 0.5) is 5.69 Å². The average molecular weight is 241 g/mol. The van der Waals surface area contributed by atoms with E-state index in [4.69, 9.17) is 0 Å². The zero-order chi connectivity index (χ0) is 12.7. The molecule has 1 heterocycles. The van der Waals surface area contributed by atoms with Gasteiger partial charge in [0, 0.05) is 0 Å². The maximum Gasteiger partial charge on any atom is 0.238 e. The maximum absolute atomic E-state index is 12.4. The molecular formula is C15H15NO2. The van der Waals surface area contributed by atoms with Crippen molar-refractivity contribution in [2.45, 2.75) is 19.8 Å². The number of carbonyl (C=O) groups is 2.